The Morgan fingerprint density at radius 1 is 1.43 bits per heavy atom. The van der Waals surface area contributed by atoms with Gasteiger partial charge in [0, 0.05) is 18.7 Å². The molecule has 1 fully saturated rings. The van der Waals surface area contributed by atoms with Crippen LogP contribution in [0.4, 0.5) is 4.39 Å². The Hall–Kier alpha value is -1.26. The summed E-state index contributed by atoms with van der Waals surface area (Å²) in [7, 11) is -1.68. The number of carbonyl (C=O) groups excluding carboxylic acids is 1. The molecule has 170 valence electrons. The first-order valence-corrected chi connectivity index (χ1v) is 11.4. The maximum absolute atomic E-state index is 15.1. The Morgan fingerprint density at radius 3 is 2.50 bits per heavy atom. The third-order valence-electron chi connectivity index (χ3n) is 5.91. The molecule has 1 aromatic rings. The minimum absolute atomic E-state index is 0.0711. The van der Waals surface area contributed by atoms with Gasteiger partial charge in [-0.1, -0.05) is 11.6 Å². The molecule has 1 unspecified atom stereocenters. The quantitative estimate of drug-likeness (QED) is 0.491. The number of phenolic OH excluding ortho intramolecular Hbond substituents is 1. The van der Waals surface area contributed by atoms with Crippen molar-refractivity contribution in [1.82, 2.24) is 4.90 Å². The summed E-state index contributed by atoms with van der Waals surface area (Å²) in [5.74, 6) is -2.13. The standard InChI is InChI=1S/C20H30ClFN2O5S/c1-11-8-14(26)16(18(22)17(11)21)13(9-20(2,3)30(23)29)12-4-6-24(7-5-12)19(28)15(27)10-25/h8,12-13,15,25-27H,4-7,9-10,23H2,1-3H3/t13-,15-,30?/m1/s1. The Balaban J connectivity index is 2.37. The van der Waals surface area contributed by atoms with Crippen molar-refractivity contribution in [3.05, 3.63) is 28.0 Å². The molecule has 0 aliphatic carbocycles. The highest BCUT2D eigenvalue weighted by molar-refractivity contribution is 7.84. The lowest BCUT2D eigenvalue weighted by molar-refractivity contribution is -0.143. The number of carbonyl (C=O) groups is 1. The zero-order valence-corrected chi connectivity index (χ0v) is 19.0. The summed E-state index contributed by atoms with van der Waals surface area (Å²) in [4.78, 5) is 13.6. The van der Waals surface area contributed by atoms with E-state index in [-0.39, 0.29) is 28.7 Å². The summed E-state index contributed by atoms with van der Waals surface area (Å²) in [5.41, 5.74) is 0.485. The van der Waals surface area contributed by atoms with Crippen molar-refractivity contribution in [2.24, 2.45) is 11.1 Å². The van der Waals surface area contributed by atoms with Gasteiger partial charge in [0.05, 0.1) is 27.4 Å². The zero-order valence-electron chi connectivity index (χ0n) is 17.4. The van der Waals surface area contributed by atoms with Crippen LogP contribution in [0.1, 0.15) is 50.2 Å². The Morgan fingerprint density at radius 2 is 2.00 bits per heavy atom. The number of piperidine rings is 1. The fraction of sp³-hybridized carbons (Fsp3) is 0.650. The number of halogens is 2. The van der Waals surface area contributed by atoms with E-state index < -0.39 is 46.1 Å². The van der Waals surface area contributed by atoms with Crippen LogP contribution in [0.2, 0.25) is 5.02 Å². The van der Waals surface area contributed by atoms with Crippen LogP contribution in [0.15, 0.2) is 6.07 Å². The molecule has 5 N–H and O–H groups in total. The fourth-order valence-electron chi connectivity index (χ4n) is 4.03. The first kappa shape index (κ1) is 25.0. The second kappa shape index (κ2) is 9.91. The summed E-state index contributed by atoms with van der Waals surface area (Å²) in [6, 6.07) is 1.41. The van der Waals surface area contributed by atoms with Crippen molar-refractivity contribution in [3.63, 3.8) is 0 Å². The maximum Gasteiger partial charge on any atom is 0.253 e. The van der Waals surface area contributed by atoms with E-state index in [0.29, 0.717) is 31.5 Å². The largest absolute Gasteiger partial charge is 0.508 e. The molecule has 1 aliphatic heterocycles. The van der Waals surface area contributed by atoms with Crippen molar-refractivity contribution in [1.29, 1.82) is 0 Å². The van der Waals surface area contributed by atoms with E-state index in [4.69, 9.17) is 21.8 Å². The monoisotopic (exact) mass is 464 g/mol. The number of hydrogen-bond acceptors (Lipinski definition) is 5. The Bertz CT molecular complexity index is 815. The number of rotatable bonds is 7. The summed E-state index contributed by atoms with van der Waals surface area (Å²) >= 11 is 6.11. The molecule has 7 nitrogen and oxygen atoms in total. The summed E-state index contributed by atoms with van der Waals surface area (Å²) in [6.07, 6.45) is -0.260. The molecule has 0 saturated carbocycles. The topological polar surface area (TPSA) is 124 Å². The van der Waals surface area contributed by atoms with Gasteiger partial charge in [-0.3, -0.25) is 9.93 Å². The Labute approximate surface area is 183 Å². The predicted octanol–water partition coefficient (Wildman–Crippen LogP) is 1.96. The van der Waals surface area contributed by atoms with Gasteiger partial charge < -0.3 is 20.2 Å². The van der Waals surface area contributed by atoms with Crippen LogP contribution in [-0.2, 0) is 15.8 Å². The number of aryl methyl sites for hydroxylation is 1. The number of amides is 1. The second-order valence-electron chi connectivity index (χ2n) is 8.48. The number of benzene rings is 1. The minimum Gasteiger partial charge on any atom is -0.508 e. The third kappa shape index (κ3) is 5.31. The first-order valence-electron chi connectivity index (χ1n) is 9.82. The van der Waals surface area contributed by atoms with E-state index in [1.54, 1.807) is 20.8 Å². The normalized spacial score (nSPS) is 18.9. The molecule has 30 heavy (non-hydrogen) atoms. The molecular formula is C20H30ClFN2O5S. The summed E-state index contributed by atoms with van der Waals surface area (Å²) in [5, 5.41) is 34.7. The lowest BCUT2D eigenvalue weighted by atomic mass is 9.75. The van der Waals surface area contributed by atoms with Crippen LogP contribution >= 0.6 is 11.6 Å². The van der Waals surface area contributed by atoms with Crippen LogP contribution < -0.4 is 5.14 Å². The summed E-state index contributed by atoms with van der Waals surface area (Å²) < 4.78 is 26.3. The smallest absolute Gasteiger partial charge is 0.253 e. The molecule has 0 aromatic heterocycles. The molecule has 1 aliphatic rings. The molecular weight excluding hydrogens is 435 g/mol. The van der Waals surface area contributed by atoms with Gasteiger partial charge in [-0.15, -0.1) is 0 Å². The number of phenols is 1. The van der Waals surface area contributed by atoms with E-state index in [2.05, 4.69) is 0 Å². The van der Waals surface area contributed by atoms with Crippen LogP contribution in [-0.4, -0.2) is 60.9 Å². The molecule has 10 heteroatoms. The number of aliphatic hydroxyl groups excluding tert-OH is 2. The molecule has 3 atom stereocenters. The van der Waals surface area contributed by atoms with Gasteiger partial charge in [-0.05, 0) is 63.5 Å². The molecule has 0 radical (unpaired) electrons. The lowest BCUT2D eigenvalue weighted by Gasteiger charge is -2.39. The average molecular weight is 465 g/mol. The van der Waals surface area contributed by atoms with Crippen molar-refractivity contribution >= 4 is 28.5 Å². The number of aromatic hydroxyl groups is 1. The van der Waals surface area contributed by atoms with Crippen LogP contribution in [0, 0.1) is 18.7 Å². The highest BCUT2D eigenvalue weighted by Gasteiger charge is 2.39. The van der Waals surface area contributed by atoms with Gasteiger partial charge in [0.15, 0.2) is 6.10 Å². The van der Waals surface area contributed by atoms with E-state index in [9.17, 15) is 19.2 Å². The number of likely N-dealkylation sites (tertiary alicyclic amines) is 1. The SMILES string of the molecule is Cc1cc(O)c([C@H](CC(C)(C)S(N)=O)C2CCN(C(=O)[C@H](O)CO)CC2)c(F)c1Cl. The summed E-state index contributed by atoms with van der Waals surface area (Å²) in [6.45, 7) is 5.00. The van der Waals surface area contributed by atoms with Crippen LogP contribution in [0.5, 0.6) is 5.75 Å². The molecule has 0 spiro atoms. The van der Waals surface area contributed by atoms with Gasteiger partial charge in [0.1, 0.15) is 11.6 Å². The first-order chi connectivity index (χ1) is 13.9. The predicted molar refractivity (Wildman–Crippen MR) is 114 cm³/mol. The number of hydrogen-bond donors (Lipinski definition) is 4. The molecule has 2 rings (SSSR count). The fourth-order valence-corrected chi connectivity index (χ4v) is 4.53. The number of aliphatic hydroxyl groups is 2. The maximum atomic E-state index is 15.1. The molecule has 0 bridgehead atoms. The molecule has 1 aromatic carbocycles. The van der Waals surface area contributed by atoms with Crippen LogP contribution in [0.3, 0.4) is 0 Å². The van der Waals surface area contributed by atoms with Crippen molar-refractivity contribution in [3.8, 4) is 5.75 Å². The third-order valence-corrected chi connectivity index (χ3v) is 7.63. The lowest BCUT2D eigenvalue weighted by Crippen LogP contribution is -2.46. The van der Waals surface area contributed by atoms with E-state index in [1.807, 2.05) is 0 Å². The van der Waals surface area contributed by atoms with Gasteiger partial charge >= 0.3 is 0 Å². The Kier molecular flexibility index (Phi) is 8.26. The van der Waals surface area contributed by atoms with Crippen molar-refractivity contribution < 1.29 is 28.7 Å². The minimum atomic E-state index is -1.68. The van der Waals surface area contributed by atoms with E-state index in [0.717, 1.165) is 0 Å². The van der Waals surface area contributed by atoms with Gasteiger partial charge in [-0.25, -0.2) is 8.60 Å². The highest BCUT2D eigenvalue weighted by Crippen LogP contribution is 2.45. The zero-order chi connectivity index (χ0) is 22.8. The highest BCUT2D eigenvalue weighted by atomic mass is 35.5. The molecule has 1 amide bonds. The second-order valence-corrected chi connectivity index (χ2v) is 10.6. The van der Waals surface area contributed by atoms with Gasteiger partial charge in [0.2, 0.25) is 0 Å². The van der Waals surface area contributed by atoms with Gasteiger partial charge in [0.25, 0.3) is 5.91 Å². The van der Waals surface area contributed by atoms with E-state index >= 15 is 4.39 Å². The van der Waals surface area contributed by atoms with Crippen LogP contribution in [0.25, 0.3) is 0 Å². The molecule has 1 saturated heterocycles. The number of nitrogens with two attached hydrogens (primary N) is 1. The van der Waals surface area contributed by atoms with Gasteiger partial charge in [-0.2, -0.15) is 0 Å². The van der Waals surface area contributed by atoms with Crippen molar-refractivity contribution in [2.45, 2.75) is 56.8 Å². The van der Waals surface area contributed by atoms with E-state index in [1.165, 1.54) is 11.0 Å². The number of nitrogens with zero attached hydrogens (tertiary/aromatic N) is 1. The average Bonchev–Trinajstić information content (AvgIpc) is 2.70. The molecule has 1 heterocycles. The van der Waals surface area contributed by atoms with Crippen molar-refractivity contribution in [2.75, 3.05) is 19.7 Å².